The van der Waals surface area contributed by atoms with Gasteiger partial charge in [-0.05, 0) is 27.3 Å². The van der Waals surface area contributed by atoms with E-state index in [0.717, 1.165) is 0 Å². The van der Waals surface area contributed by atoms with Crippen LogP contribution in [-0.4, -0.2) is 26.3 Å². The van der Waals surface area contributed by atoms with Gasteiger partial charge in [0.05, 0.1) is 8.07 Å². The van der Waals surface area contributed by atoms with Gasteiger partial charge < -0.3 is 0 Å². The van der Waals surface area contributed by atoms with E-state index in [1.165, 1.54) is 5.75 Å². The lowest BCUT2D eigenvalue weighted by atomic mass is 10.8. The highest BCUT2D eigenvalue weighted by Crippen LogP contribution is 2.47. The molecule has 0 N–H and O–H groups in total. The van der Waals surface area contributed by atoms with Crippen LogP contribution in [0, 0.1) is 0 Å². The van der Waals surface area contributed by atoms with Crippen LogP contribution in [0.4, 0.5) is 0 Å². The maximum Gasteiger partial charge on any atom is 0.0683 e. The van der Waals surface area contributed by atoms with Gasteiger partial charge in [-0.3, -0.25) is 0 Å². The van der Waals surface area contributed by atoms with E-state index in [1.807, 2.05) is 0 Å². The summed E-state index contributed by atoms with van der Waals surface area (Å²) >= 11 is 3.69. The van der Waals surface area contributed by atoms with Gasteiger partial charge in [-0.2, -0.15) is 8.46 Å². The second kappa shape index (κ2) is 4.15. The van der Waals surface area contributed by atoms with Crippen LogP contribution in [0.2, 0.25) is 19.6 Å². The topological polar surface area (TPSA) is 0 Å². The second-order valence-electron chi connectivity index (χ2n) is 4.34. The molecule has 0 spiro atoms. The van der Waals surface area contributed by atoms with Gasteiger partial charge >= 0.3 is 0 Å². The van der Waals surface area contributed by atoms with Crippen molar-refractivity contribution in [3.8, 4) is 0 Å². The molecule has 0 unspecified atom stereocenters. The molecule has 0 aromatic carbocycles. The summed E-state index contributed by atoms with van der Waals surface area (Å²) in [5.41, 5.74) is 2.42. The summed E-state index contributed by atoms with van der Waals surface area (Å²) in [6.45, 7) is 7.08. The fraction of sp³-hybridized carbons (Fsp3) is 0.750. The number of hydrogen-bond acceptors (Lipinski definition) is 0. The van der Waals surface area contributed by atoms with Crippen LogP contribution in [-0.2, 0) is 0 Å². The zero-order chi connectivity index (χ0) is 9.12. The van der Waals surface area contributed by atoms with E-state index >= 15 is 0 Å². The summed E-state index contributed by atoms with van der Waals surface area (Å²) in [6.07, 6.45) is 6.90. The van der Waals surface area contributed by atoms with Gasteiger partial charge in [-0.15, -0.1) is 0 Å². The lowest BCUT2D eigenvalue weighted by Crippen LogP contribution is -2.15. The van der Waals surface area contributed by atoms with E-state index in [-0.39, 0.29) is 0 Å². The molecule has 3 heteroatoms. The molecule has 0 atom stereocenters. The fourth-order valence-corrected chi connectivity index (χ4v) is 2.64. The molecular formula is C8H19BrSSi. The van der Waals surface area contributed by atoms with Crippen LogP contribution in [0.1, 0.15) is 0 Å². The number of hydrogen-bond donors (Lipinski definition) is 0. The Morgan fingerprint density at radius 2 is 1.73 bits per heavy atom. The first-order chi connectivity index (χ1) is 4.71. The average Bonchev–Trinajstić information content (AvgIpc) is 1.55. The van der Waals surface area contributed by atoms with Crippen LogP contribution >= 0.6 is 23.3 Å². The molecular weight excluding hydrogens is 236 g/mol. The van der Waals surface area contributed by atoms with E-state index in [1.54, 1.807) is 0 Å². The van der Waals surface area contributed by atoms with E-state index in [0.29, 0.717) is 0 Å². The molecule has 0 rings (SSSR count). The summed E-state index contributed by atoms with van der Waals surface area (Å²) in [7, 11) is -1.44. The maximum absolute atomic E-state index is 3.69. The molecule has 0 aliphatic heterocycles. The first-order valence-corrected chi connectivity index (χ1v) is 11.8. The van der Waals surface area contributed by atoms with Gasteiger partial charge in [0.1, 0.15) is 0 Å². The zero-order valence-electron chi connectivity index (χ0n) is 8.15. The largest absolute Gasteiger partial charge is 0.185 e. The average molecular weight is 255 g/mol. The van der Waals surface area contributed by atoms with Gasteiger partial charge in [0, 0.05) is 5.75 Å². The third kappa shape index (κ3) is 10.8. The highest BCUT2D eigenvalue weighted by molar-refractivity contribution is 9.58. The van der Waals surface area contributed by atoms with Crippen molar-refractivity contribution in [2.24, 2.45) is 0 Å². The highest BCUT2D eigenvalue weighted by Gasteiger charge is 2.08. The van der Waals surface area contributed by atoms with Gasteiger partial charge in [0.15, 0.2) is 0 Å². The Kier molecular flexibility index (Phi) is 4.44. The standard InChI is InChI=1S/C8H19BrSSi/c1-10(2,9)7-6-8-11(3,4)5/h6,8H,7H2,1-5H3. The van der Waals surface area contributed by atoms with E-state index in [4.69, 9.17) is 0 Å². The van der Waals surface area contributed by atoms with Crippen molar-refractivity contribution in [1.82, 2.24) is 0 Å². The van der Waals surface area contributed by atoms with Gasteiger partial charge in [-0.1, -0.05) is 31.4 Å². The SMILES string of the molecule is C[Si](C)(C)C=CCS(C)(C)Br. The van der Waals surface area contributed by atoms with Crippen molar-refractivity contribution >= 4 is 31.3 Å². The van der Waals surface area contributed by atoms with Crippen LogP contribution in [0.5, 0.6) is 0 Å². The quantitative estimate of drug-likeness (QED) is 0.673. The summed E-state index contributed by atoms with van der Waals surface area (Å²) in [5.74, 6) is 1.21. The van der Waals surface area contributed by atoms with Crippen molar-refractivity contribution < 1.29 is 0 Å². The highest BCUT2D eigenvalue weighted by atomic mass is 79.9. The zero-order valence-corrected chi connectivity index (χ0v) is 11.6. The van der Waals surface area contributed by atoms with Crippen molar-refractivity contribution in [3.05, 3.63) is 11.8 Å². The molecule has 0 heterocycles. The van der Waals surface area contributed by atoms with Crippen LogP contribution in [0.15, 0.2) is 11.8 Å². The molecule has 11 heavy (non-hydrogen) atoms. The third-order valence-corrected chi connectivity index (χ3v) is 4.12. The predicted molar refractivity (Wildman–Crippen MR) is 65.7 cm³/mol. The molecule has 0 aliphatic rings. The van der Waals surface area contributed by atoms with Crippen LogP contribution in [0.25, 0.3) is 0 Å². The molecule has 68 valence electrons. The Balaban J connectivity index is 3.80. The summed E-state index contributed by atoms with van der Waals surface area (Å²) in [4.78, 5) is 0. The number of halogens is 1. The van der Waals surface area contributed by atoms with Crippen molar-refractivity contribution in [2.75, 3.05) is 18.3 Å². The Labute approximate surface area is 81.0 Å². The van der Waals surface area contributed by atoms with Crippen LogP contribution < -0.4 is 0 Å². The lowest BCUT2D eigenvalue weighted by Gasteiger charge is -2.20. The molecule has 0 nitrogen and oxygen atoms in total. The molecule has 0 aromatic heterocycles. The minimum atomic E-state index is -0.945. The van der Waals surface area contributed by atoms with E-state index < -0.39 is 16.5 Å². The first-order valence-electron chi connectivity index (χ1n) is 3.79. The maximum atomic E-state index is 3.69. The third-order valence-electron chi connectivity index (χ3n) is 1.11. The number of rotatable bonds is 3. The summed E-state index contributed by atoms with van der Waals surface area (Å²) < 4.78 is 0. The molecule has 0 fully saturated rings. The normalized spacial score (nSPS) is 15.8. The van der Waals surface area contributed by atoms with Crippen molar-refractivity contribution in [2.45, 2.75) is 19.6 Å². The molecule has 0 amide bonds. The predicted octanol–water partition coefficient (Wildman–Crippen LogP) is 3.79. The fourth-order valence-electron chi connectivity index (χ4n) is 0.630. The van der Waals surface area contributed by atoms with Crippen molar-refractivity contribution in [1.29, 1.82) is 0 Å². The Morgan fingerprint density at radius 1 is 1.27 bits per heavy atom. The molecule has 0 saturated heterocycles. The smallest absolute Gasteiger partial charge is 0.0683 e. The Hall–Kier alpha value is 0.787. The Morgan fingerprint density at radius 3 is 2.00 bits per heavy atom. The minimum absolute atomic E-state index is 0.499. The molecule has 0 bridgehead atoms. The minimum Gasteiger partial charge on any atom is -0.185 e. The second-order valence-corrected chi connectivity index (χ2v) is 17.8. The van der Waals surface area contributed by atoms with Gasteiger partial charge in [0.2, 0.25) is 0 Å². The Bertz CT molecular complexity index is 141. The van der Waals surface area contributed by atoms with Gasteiger partial charge in [0.25, 0.3) is 0 Å². The molecule has 0 saturated carbocycles. The summed E-state index contributed by atoms with van der Waals surface area (Å²) in [5, 5.41) is 0. The van der Waals surface area contributed by atoms with E-state index in [9.17, 15) is 0 Å². The molecule has 0 aromatic rings. The van der Waals surface area contributed by atoms with Gasteiger partial charge in [-0.25, -0.2) is 0 Å². The lowest BCUT2D eigenvalue weighted by molar-refractivity contribution is 1.70. The first kappa shape index (κ1) is 11.8. The monoisotopic (exact) mass is 254 g/mol. The van der Waals surface area contributed by atoms with Crippen LogP contribution in [0.3, 0.4) is 0 Å². The molecule has 0 aliphatic carbocycles. The molecule has 0 radical (unpaired) electrons. The summed E-state index contributed by atoms with van der Waals surface area (Å²) in [6, 6.07) is 0. The van der Waals surface area contributed by atoms with Crippen molar-refractivity contribution in [3.63, 3.8) is 0 Å². The van der Waals surface area contributed by atoms with E-state index in [2.05, 4.69) is 58.7 Å².